The third-order valence-electron chi connectivity index (χ3n) is 6.59. The van der Waals surface area contributed by atoms with Crippen molar-refractivity contribution >= 4 is 17.5 Å². The number of benzene rings is 2. The molecule has 1 saturated carbocycles. The van der Waals surface area contributed by atoms with Crippen molar-refractivity contribution in [2.45, 2.75) is 44.2 Å². The molecule has 4 rings (SSSR count). The van der Waals surface area contributed by atoms with Gasteiger partial charge in [0.25, 0.3) is 0 Å². The van der Waals surface area contributed by atoms with Crippen LogP contribution in [-0.2, 0) is 16.0 Å². The quantitative estimate of drug-likeness (QED) is 0.684. The van der Waals surface area contributed by atoms with E-state index in [4.69, 9.17) is 9.47 Å². The largest absolute Gasteiger partial charge is 0.493 e. The summed E-state index contributed by atoms with van der Waals surface area (Å²) in [6.45, 7) is 1.75. The lowest BCUT2D eigenvalue weighted by Crippen LogP contribution is -2.58. The number of likely N-dealkylation sites (N-methyl/N-ethyl adjacent to an activating group) is 1. The van der Waals surface area contributed by atoms with Crippen molar-refractivity contribution in [3.05, 3.63) is 54.1 Å². The Morgan fingerprint density at radius 1 is 1.03 bits per heavy atom. The van der Waals surface area contributed by atoms with Crippen LogP contribution in [0.5, 0.6) is 11.5 Å². The Kier molecular flexibility index (Phi) is 7.37. The van der Waals surface area contributed by atoms with Crippen LogP contribution in [0.1, 0.15) is 31.2 Å². The SMILES string of the molecule is CNC(=O)C(=O)N1CCN(c2ccc(OC)c(OC3CCCC3)c2)C[C@@H]1Cc1ccccc1. The number of carbonyl (C=O) groups is 2. The van der Waals surface area contributed by atoms with E-state index >= 15 is 0 Å². The van der Waals surface area contributed by atoms with Crippen LogP contribution in [0.25, 0.3) is 0 Å². The molecule has 1 saturated heterocycles. The molecule has 1 N–H and O–H groups in total. The van der Waals surface area contributed by atoms with Crippen LogP contribution in [0.15, 0.2) is 48.5 Å². The Morgan fingerprint density at radius 2 is 1.79 bits per heavy atom. The first-order valence-electron chi connectivity index (χ1n) is 11.7. The van der Waals surface area contributed by atoms with Crippen LogP contribution in [0.4, 0.5) is 5.69 Å². The van der Waals surface area contributed by atoms with Crippen molar-refractivity contribution in [2.75, 3.05) is 38.7 Å². The van der Waals surface area contributed by atoms with E-state index in [1.165, 1.54) is 19.9 Å². The molecule has 2 aromatic carbocycles. The predicted molar refractivity (Wildman–Crippen MR) is 128 cm³/mol. The minimum Gasteiger partial charge on any atom is -0.493 e. The van der Waals surface area contributed by atoms with Gasteiger partial charge in [-0.3, -0.25) is 9.59 Å². The summed E-state index contributed by atoms with van der Waals surface area (Å²) in [5.74, 6) is 0.460. The zero-order valence-corrected chi connectivity index (χ0v) is 19.5. The molecule has 1 aliphatic heterocycles. The van der Waals surface area contributed by atoms with Crippen molar-refractivity contribution in [1.29, 1.82) is 0 Å². The van der Waals surface area contributed by atoms with Crippen LogP contribution < -0.4 is 19.7 Å². The van der Waals surface area contributed by atoms with Gasteiger partial charge in [0.15, 0.2) is 11.5 Å². The Bertz CT molecular complexity index is 959. The molecule has 7 heteroatoms. The summed E-state index contributed by atoms with van der Waals surface area (Å²) < 4.78 is 11.8. The van der Waals surface area contributed by atoms with Crippen LogP contribution in [0.2, 0.25) is 0 Å². The summed E-state index contributed by atoms with van der Waals surface area (Å²) in [5.41, 5.74) is 2.17. The standard InChI is InChI=1S/C26H33N3O4/c1-27-25(30)26(31)29-15-14-28(18-21(29)16-19-8-4-3-5-9-19)20-12-13-23(32-2)24(17-20)33-22-10-6-7-11-22/h3-5,8-9,12-13,17,21-22H,6-7,10-11,14-16,18H2,1-2H3,(H,27,30)/t21-/m0/s1. The summed E-state index contributed by atoms with van der Waals surface area (Å²) in [6.07, 6.45) is 5.48. The molecule has 2 aliphatic rings. The van der Waals surface area contributed by atoms with Gasteiger partial charge in [0.05, 0.1) is 19.3 Å². The highest BCUT2D eigenvalue weighted by molar-refractivity contribution is 6.35. The second-order valence-electron chi connectivity index (χ2n) is 8.73. The van der Waals surface area contributed by atoms with E-state index in [1.807, 2.05) is 36.4 Å². The van der Waals surface area contributed by atoms with Gasteiger partial charge < -0.3 is 24.6 Å². The fraction of sp³-hybridized carbons (Fsp3) is 0.462. The third kappa shape index (κ3) is 5.41. The second-order valence-corrected chi connectivity index (χ2v) is 8.73. The highest BCUT2D eigenvalue weighted by Crippen LogP contribution is 2.35. The monoisotopic (exact) mass is 451 g/mol. The Morgan fingerprint density at radius 3 is 2.48 bits per heavy atom. The minimum absolute atomic E-state index is 0.118. The molecule has 0 bridgehead atoms. The fourth-order valence-corrected chi connectivity index (χ4v) is 4.80. The molecule has 0 unspecified atom stereocenters. The maximum absolute atomic E-state index is 12.8. The van der Waals surface area contributed by atoms with E-state index < -0.39 is 11.8 Å². The number of ether oxygens (including phenoxy) is 2. The molecule has 1 heterocycles. The number of hydrogen-bond donors (Lipinski definition) is 1. The number of nitrogens with one attached hydrogen (secondary N) is 1. The van der Waals surface area contributed by atoms with Gasteiger partial charge >= 0.3 is 11.8 Å². The molecular weight excluding hydrogens is 418 g/mol. The van der Waals surface area contributed by atoms with Gasteiger partial charge in [0, 0.05) is 38.4 Å². The molecule has 0 spiro atoms. The lowest BCUT2D eigenvalue weighted by Gasteiger charge is -2.42. The average molecular weight is 452 g/mol. The Hall–Kier alpha value is -3.22. The Labute approximate surface area is 195 Å². The van der Waals surface area contributed by atoms with Crippen molar-refractivity contribution in [2.24, 2.45) is 0 Å². The molecule has 1 aliphatic carbocycles. The van der Waals surface area contributed by atoms with E-state index in [1.54, 1.807) is 12.0 Å². The van der Waals surface area contributed by atoms with E-state index in [-0.39, 0.29) is 12.1 Å². The zero-order chi connectivity index (χ0) is 23.2. The van der Waals surface area contributed by atoms with E-state index in [0.29, 0.717) is 26.1 Å². The van der Waals surface area contributed by atoms with Crippen molar-refractivity contribution < 1.29 is 19.1 Å². The summed E-state index contributed by atoms with van der Waals surface area (Å²) in [4.78, 5) is 28.8. The summed E-state index contributed by atoms with van der Waals surface area (Å²) in [5, 5.41) is 2.47. The first kappa shape index (κ1) is 23.0. The molecule has 0 aromatic heterocycles. The number of hydrogen-bond acceptors (Lipinski definition) is 5. The van der Waals surface area contributed by atoms with Gasteiger partial charge in [-0.25, -0.2) is 0 Å². The van der Waals surface area contributed by atoms with E-state index in [9.17, 15) is 9.59 Å². The van der Waals surface area contributed by atoms with Crippen LogP contribution in [0, 0.1) is 0 Å². The van der Waals surface area contributed by atoms with Gasteiger partial charge in [-0.2, -0.15) is 0 Å². The number of methoxy groups -OCH3 is 1. The molecule has 2 aromatic rings. The summed E-state index contributed by atoms with van der Waals surface area (Å²) in [6, 6.07) is 16.0. The molecule has 7 nitrogen and oxygen atoms in total. The second kappa shape index (κ2) is 10.6. The first-order valence-corrected chi connectivity index (χ1v) is 11.7. The number of carbonyl (C=O) groups excluding carboxylic acids is 2. The maximum atomic E-state index is 12.8. The number of rotatable bonds is 6. The van der Waals surface area contributed by atoms with Crippen molar-refractivity contribution in [3.8, 4) is 11.5 Å². The maximum Gasteiger partial charge on any atom is 0.312 e. The summed E-state index contributed by atoms with van der Waals surface area (Å²) in [7, 11) is 3.15. The number of amides is 2. The topological polar surface area (TPSA) is 71.1 Å². The van der Waals surface area contributed by atoms with Crippen molar-refractivity contribution in [3.63, 3.8) is 0 Å². The average Bonchev–Trinajstić information content (AvgIpc) is 3.37. The van der Waals surface area contributed by atoms with Gasteiger partial charge in [0.2, 0.25) is 0 Å². The number of anilines is 1. The first-order chi connectivity index (χ1) is 16.1. The normalized spacial score (nSPS) is 18.8. The molecule has 0 radical (unpaired) electrons. The van der Waals surface area contributed by atoms with Crippen molar-refractivity contribution in [1.82, 2.24) is 10.2 Å². The lowest BCUT2D eigenvalue weighted by atomic mass is 10.0. The minimum atomic E-state index is -0.571. The molecule has 176 valence electrons. The van der Waals surface area contributed by atoms with Gasteiger partial charge in [0.1, 0.15) is 0 Å². The molecular formula is C26H33N3O4. The van der Waals surface area contributed by atoms with Gasteiger partial charge in [-0.15, -0.1) is 0 Å². The molecule has 1 atom stereocenters. The molecule has 2 amide bonds. The van der Waals surface area contributed by atoms with Crippen LogP contribution in [-0.4, -0.2) is 62.7 Å². The number of nitrogens with zero attached hydrogens (tertiary/aromatic N) is 2. The van der Waals surface area contributed by atoms with E-state index in [2.05, 4.69) is 22.3 Å². The lowest BCUT2D eigenvalue weighted by molar-refractivity contribution is -0.147. The highest BCUT2D eigenvalue weighted by Gasteiger charge is 2.33. The summed E-state index contributed by atoms with van der Waals surface area (Å²) >= 11 is 0. The fourth-order valence-electron chi connectivity index (χ4n) is 4.80. The van der Waals surface area contributed by atoms with Gasteiger partial charge in [-0.05, 0) is 49.8 Å². The Balaban J connectivity index is 1.55. The predicted octanol–water partition coefficient (Wildman–Crippen LogP) is 3.02. The van der Waals surface area contributed by atoms with Crippen LogP contribution in [0.3, 0.4) is 0 Å². The molecule has 2 fully saturated rings. The third-order valence-corrected chi connectivity index (χ3v) is 6.59. The van der Waals surface area contributed by atoms with Crippen LogP contribution >= 0.6 is 0 Å². The molecule has 33 heavy (non-hydrogen) atoms. The smallest absolute Gasteiger partial charge is 0.312 e. The highest BCUT2D eigenvalue weighted by atomic mass is 16.5. The van der Waals surface area contributed by atoms with E-state index in [0.717, 1.165) is 35.6 Å². The zero-order valence-electron chi connectivity index (χ0n) is 19.5. The van der Waals surface area contributed by atoms with Gasteiger partial charge in [-0.1, -0.05) is 30.3 Å². The number of piperazine rings is 1.